The quantitative estimate of drug-likeness (QED) is 0.431. The van der Waals surface area contributed by atoms with Gasteiger partial charge in [0.15, 0.2) is 0 Å². The van der Waals surface area contributed by atoms with Crippen molar-refractivity contribution in [2.45, 2.75) is 26.8 Å². The number of hydrogen-bond donors (Lipinski definition) is 1. The van der Waals surface area contributed by atoms with Crippen molar-refractivity contribution in [3.8, 4) is 0 Å². The van der Waals surface area contributed by atoms with Crippen LogP contribution >= 0.6 is 0 Å². The van der Waals surface area contributed by atoms with E-state index >= 15 is 0 Å². The number of hydrogen-bond acceptors (Lipinski definition) is 4. The number of anilines is 2. The predicted molar refractivity (Wildman–Crippen MR) is 151 cm³/mol. The molecule has 1 fully saturated rings. The third-order valence-electron chi connectivity index (χ3n) is 6.67. The van der Waals surface area contributed by atoms with Crippen molar-refractivity contribution < 1.29 is 18.8 Å². The summed E-state index contributed by atoms with van der Waals surface area (Å²) in [5, 5.41) is 2.90. The summed E-state index contributed by atoms with van der Waals surface area (Å²) in [5.74, 6) is -0.900. The van der Waals surface area contributed by atoms with Gasteiger partial charge in [-0.05, 0) is 47.9 Å². The molecule has 3 aromatic carbocycles. The lowest BCUT2D eigenvalue weighted by Gasteiger charge is -2.36. The largest absolute Gasteiger partial charge is 0.368 e. The van der Waals surface area contributed by atoms with E-state index in [0.29, 0.717) is 44.8 Å². The molecule has 3 aromatic rings. The number of halogens is 1. The third-order valence-corrected chi connectivity index (χ3v) is 6.67. The number of nitrogens with zero attached hydrogens (tertiary/aromatic N) is 3. The van der Waals surface area contributed by atoms with E-state index in [-0.39, 0.29) is 35.7 Å². The Morgan fingerprint density at radius 2 is 1.51 bits per heavy atom. The van der Waals surface area contributed by atoms with Gasteiger partial charge in [0.1, 0.15) is 12.4 Å². The molecule has 1 saturated heterocycles. The standard InChI is InChI=1S/C31H35FN4O3/c1-23(2)20-30(38)36(21-24-8-4-3-5-9-24)22-29(37)33-25-12-14-26(15-13-25)34-16-18-35(19-17-34)31(39)27-10-6-7-11-28(27)32/h3-15,23H,16-22H2,1-2H3,(H,33,37). The zero-order valence-electron chi connectivity index (χ0n) is 22.5. The van der Waals surface area contributed by atoms with Gasteiger partial charge in [0.25, 0.3) is 5.91 Å². The lowest BCUT2D eigenvalue weighted by molar-refractivity contribution is -0.136. The Morgan fingerprint density at radius 3 is 2.15 bits per heavy atom. The molecule has 0 spiro atoms. The Bertz CT molecular complexity index is 1270. The van der Waals surface area contributed by atoms with Crippen molar-refractivity contribution >= 4 is 29.1 Å². The number of rotatable bonds is 9. The van der Waals surface area contributed by atoms with Gasteiger partial charge in [0.2, 0.25) is 11.8 Å². The van der Waals surface area contributed by atoms with Crippen molar-refractivity contribution in [1.29, 1.82) is 0 Å². The molecule has 1 aliphatic rings. The SMILES string of the molecule is CC(C)CC(=O)N(CC(=O)Nc1ccc(N2CCN(C(=O)c3ccccc3F)CC2)cc1)Cc1ccccc1. The van der Waals surface area contributed by atoms with Crippen molar-refractivity contribution in [1.82, 2.24) is 9.80 Å². The zero-order chi connectivity index (χ0) is 27.8. The number of nitrogens with one attached hydrogen (secondary N) is 1. The Kier molecular flexibility index (Phi) is 9.31. The second-order valence-corrected chi connectivity index (χ2v) is 10.2. The van der Waals surface area contributed by atoms with Gasteiger partial charge in [-0.15, -0.1) is 0 Å². The van der Waals surface area contributed by atoms with Crippen LogP contribution in [0.1, 0.15) is 36.2 Å². The molecule has 0 bridgehead atoms. The van der Waals surface area contributed by atoms with Gasteiger partial charge >= 0.3 is 0 Å². The van der Waals surface area contributed by atoms with Crippen LogP contribution in [0, 0.1) is 11.7 Å². The Morgan fingerprint density at radius 1 is 0.872 bits per heavy atom. The van der Waals surface area contributed by atoms with E-state index in [4.69, 9.17) is 0 Å². The normalized spacial score (nSPS) is 13.3. The maximum atomic E-state index is 14.0. The summed E-state index contributed by atoms with van der Waals surface area (Å²) in [6.07, 6.45) is 0.383. The van der Waals surface area contributed by atoms with E-state index in [1.54, 1.807) is 21.9 Å². The fraction of sp³-hybridized carbons (Fsp3) is 0.323. The first kappa shape index (κ1) is 27.8. The van der Waals surface area contributed by atoms with Gasteiger partial charge in [-0.1, -0.05) is 56.3 Å². The Labute approximate surface area is 229 Å². The van der Waals surface area contributed by atoms with Crippen molar-refractivity contribution in [3.05, 3.63) is 95.8 Å². The average molecular weight is 531 g/mol. The predicted octanol–water partition coefficient (Wildman–Crippen LogP) is 4.80. The monoisotopic (exact) mass is 530 g/mol. The highest BCUT2D eigenvalue weighted by Gasteiger charge is 2.24. The molecular formula is C31H35FN4O3. The molecule has 4 rings (SSSR count). The molecule has 1 N–H and O–H groups in total. The molecule has 1 aliphatic heterocycles. The zero-order valence-corrected chi connectivity index (χ0v) is 22.5. The highest BCUT2D eigenvalue weighted by Crippen LogP contribution is 2.21. The van der Waals surface area contributed by atoms with Crippen LogP contribution in [0.2, 0.25) is 0 Å². The molecule has 39 heavy (non-hydrogen) atoms. The minimum atomic E-state index is -0.505. The summed E-state index contributed by atoms with van der Waals surface area (Å²) in [6.45, 7) is 6.56. The maximum absolute atomic E-state index is 14.0. The fourth-order valence-corrected chi connectivity index (χ4v) is 4.62. The van der Waals surface area contributed by atoms with Crippen LogP contribution in [-0.4, -0.2) is 60.2 Å². The molecule has 0 saturated carbocycles. The summed E-state index contributed by atoms with van der Waals surface area (Å²) in [4.78, 5) is 43.8. The average Bonchev–Trinajstić information content (AvgIpc) is 2.93. The van der Waals surface area contributed by atoms with Gasteiger partial charge in [-0.2, -0.15) is 0 Å². The molecular weight excluding hydrogens is 495 g/mol. The summed E-state index contributed by atoms with van der Waals surface area (Å²) in [6, 6.07) is 23.2. The molecule has 8 heteroatoms. The second kappa shape index (κ2) is 13.0. The van der Waals surface area contributed by atoms with Gasteiger partial charge < -0.3 is 20.0 Å². The summed E-state index contributed by atoms with van der Waals surface area (Å²) in [5.41, 5.74) is 2.69. The van der Waals surface area contributed by atoms with E-state index in [2.05, 4.69) is 10.2 Å². The van der Waals surface area contributed by atoms with Crippen LogP contribution in [0.3, 0.4) is 0 Å². The lowest BCUT2D eigenvalue weighted by Crippen LogP contribution is -2.49. The highest BCUT2D eigenvalue weighted by molar-refractivity contribution is 5.95. The molecule has 3 amide bonds. The van der Waals surface area contributed by atoms with E-state index in [1.165, 1.54) is 12.1 Å². The molecule has 1 heterocycles. The van der Waals surface area contributed by atoms with Gasteiger partial charge in [0.05, 0.1) is 5.56 Å². The van der Waals surface area contributed by atoms with Crippen LogP contribution in [0.25, 0.3) is 0 Å². The van der Waals surface area contributed by atoms with Gasteiger partial charge in [-0.25, -0.2) is 4.39 Å². The number of benzene rings is 3. The molecule has 204 valence electrons. The molecule has 0 aromatic heterocycles. The molecule has 0 atom stereocenters. The summed E-state index contributed by atoms with van der Waals surface area (Å²) in [7, 11) is 0. The van der Waals surface area contributed by atoms with E-state index in [0.717, 1.165) is 11.3 Å². The Balaban J connectivity index is 1.31. The molecule has 0 aliphatic carbocycles. The van der Waals surface area contributed by atoms with E-state index < -0.39 is 5.82 Å². The number of carbonyl (C=O) groups is 3. The smallest absolute Gasteiger partial charge is 0.256 e. The van der Waals surface area contributed by atoms with E-state index in [9.17, 15) is 18.8 Å². The minimum absolute atomic E-state index is 0.0276. The highest BCUT2D eigenvalue weighted by atomic mass is 19.1. The number of piperazine rings is 1. The van der Waals surface area contributed by atoms with Crippen molar-refractivity contribution in [3.63, 3.8) is 0 Å². The van der Waals surface area contributed by atoms with Crippen LogP contribution in [0.4, 0.5) is 15.8 Å². The van der Waals surface area contributed by atoms with Crippen LogP contribution in [-0.2, 0) is 16.1 Å². The maximum Gasteiger partial charge on any atom is 0.256 e. The van der Waals surface area contributed by atoms with Crippen LogP contribution in [0.15, 0.2) is 78.9 Å². The van der Waals surface area contributed by atoms with Gasteiger partial charge in [0, 0.05) is 50.5 Å². The van der Waals surface area contributed by atoms with Crippen molar-refractivity contribution in [2.24, 2.45) is 5.92 Å². The molecule has 0 radical (unpaired) electrons. The lowest BCUT2D eigenvalue weighted by atomic mass is 10.1. The number of carbonyl (C=O) groups excluding carboxylic acids is 3. The van der Waals surface area contributed by atoms with Crippen LogP contribution in [0.5, 0.6) is 0 Å². The molecule has 7 nitrogen and oxygen atoms in total. The second-order valence-electron chi connectivity index (χ2n) is 10.2. The van der Waals surface area contributed by atoms with E-state index in [1.807, 2.05) is 68.4 Å². The number of amides is 3. The van der Waals surface area contributed by atoms with Crippen LogP contribution < -0.4 is 10.2 Å². The first-order valence-electron chi connectivity index (χ1n) is 13.3. The van der Waals surface area contributed by atoms with Crippen molar-refractivity contribution in [2.75, 3.05) is 42.9 Å². The summed E-state index contributed by atoms with van der Waals surface area (Å²) >= 11 is 0. The third kappa shape index (κ3) is 7.66. The Hall–Kier alpha value is -4.20. The first-order valence-corrected chi connectivity index (χ1v) is 13.3. The topological polar surface area (TPSA) is 73.0 Å². The first-order chi connectivity index (χ1) is 18.8. The summed E-state index contributed by atoms with van der Waals surface area (Å²) < 4.78 is 14.0. The minimum Gasteiger partial charge on any atom is -0.368 e. The van der Waals surface area contributed by atoms with Gasteiger partial charge in [-0.3, -0.25) is 14.4 Å². The fourth-order valence-electron chi connectivity index (χ4n) is 4.62. The molecule has 0 unspecified atom stereocenters.